The lowest BCUT2D eigenvalue weighted by atomic mass is 10.0. The summed E-state index contributed by atoms with van der Waals surface area (Å²) in [5.74, 6) is 0.422. The quantitative estimate of drug-likeness (QED) is 0.191. The minimum Gasteiger partial charge on any atom is -0.370 e. The maximum atomic E-state index is 11.8. The number of piperidine rings is 1. The second-order valence-electron chi connectivity index (χ2n) is 8.18. The van der Waals surface area contributed by atoms with Crippen molar-refractivity contribution in [3.05, 3.63) is 52.1 Å². The van der Waals surface area contributed by atoms with Crippen LogP contribution in [-0.2, 0) is 6.42 Å². The average Bonchev–Trinajstić information content (AvgIpc) is 3.35. The molecule has 0 unspecified atom stereocenters. The molecule has 2 aliphatic rings. The third-order valence-electron chi connectivity index (χ3n) is 6.08. The predicted octanol–water partition coefficient (Wildman–Crippen LogP) is 2.28. The minimum absolute atomic E-state index is 0.0172. The van der Waals surface area contributed by atoms with E-state index in [1.165, 1.54) is 6.07 Å². The first kappa shape index (κ1) is 23.5. The van der Waals surface area contributed by atoms with Gasteiger partial charge in [0.25, 0.3) is 10.9 Å². The fourth-order valence-corrected chi connectivity index (χ4v) is 4.96. The summed E-state index contributed by atoms with van der Waals surface area (Å²) < 4.78 is 0. The monoisotopic (exact) mass is 485 g/mol. The van der Waals surface area contributed by atoms with E-state index in [1.807, 2.05) is 15.9 Å². The van der Waals surface area contributed by atoms with Crippen LogP contribution in [0.4, 0.5) is 16.2 Å². The number of nitrogens with two attached hydrogens (primary N) is 1. The number of nitro benzene ring substituents is 1. The largest absolute Gasteiger partial charge is 0.370 e. The lowest BCUT2D eigenvalue weighted by molar-refractivity contribution is -0.384. The van der Waals surface area contributed by atoms with E-state index in [9.17, 15) is 14.9 Å². The summed E-state index contributed by atoms with van der Waals surface area (Å²) in [4.78, 5) is 33.8. The molecule has 0 atom stereocenters. The number of anilines is 1. The fraction of sp³-hybridized carbons (Fsp3) is 0.429. The number of carbonyl (C=O) groups is 1. The number of aromatic nitrogens is 2. The summed E-state index contributed by atoms with van der Waals surface area (Å²) in [7, 11) is 0. The molecular formula is C21H27N9O3S. The van der Waals surface area contributed by atoms with Crippen LogP contribution in [0.2, 0.25) is 0 Å². The first-order valence-electron chi connectivity index (χ1n) is 11.0. The molecule has 12 nitrogen and oxygen atoms in total. The van der Waals surface area contributed by atoms with Gasteiger partial charge >= 0.3 is 0 Å². The number of rotatable bonds is 8. The number of benzene rings is 1. The van der Waals surface area contributed by atoms with Crippen LogP contribution in [0.5, 0.6) is 0 Å². The van der Waals surface area contributed by atoms with Gasteiger partial charge in [0.2, 0.25) is 0 Å². The van der Waals surface area contributed by atoms with Crippen LogP contribution in [0.3, 0.4) is 0 Å². The fourth-order valence-electron chi connectivity index (χ4n) is 4.36. The minimum atomic E-state index is -0.378. The molecule has 1 fully saturated rings. The van der Waals surface area contributed by atoms with Crippen molar-refractivity contribution < 1.29 is 9.72 Å². The molecule has 3 heterocycles. The number of nitro groups is 1. The lowest BCUT2D eigenvalue weighted by Gasteiger charge is -2.39. The van der Waals surface area contributed by atoms with Crippen LogP contribution in [0.25, 0.3) is 0 Å². The van der Waals surface area contributed by atoms with Crippen molar-refractivity contribution in [2.24, 2.45) is 10.8 Å². The van der Waals surface area contributed by atoms with Crippen LogP contribution in [0, 0.1) is 15.5 Å². The van der Waals surface area contributed by atoms with Crippen LogP contribution < -0.4 is 16.1 Å². The van der Waals surface area contributed by atoms with Gasteiger partial charge in [-0.05, 0) is 31.7 Å². The van der Waals surface area contributed by atoms with E-state index in [2.05, 4.69) is 20.5 Å². The van der Waals surface area contributed by atoms with Crippen molar-refractivity contribution in [1.82, 2.24) is 20.3 Å². The van der Waals surface area contributed by atoms with E-state index in [4.69, 9.17) is 11.1 Å². The van der Waals surface area contributed by atoms with Crippen molar-refractivity contribution in [1.29, 1.82) is 5.41 Å². The van der Waals surface area contributed by atoms with E-state index in [0.717, 1.165) is 43.1 Å². The first-order chi connectivity index (χ1) is 16.4. The molecule has 0 radical (unpaired) electrons. The van der Waals surface area contributed by atoms with E-state index in [0.29, 0.717) is 42.3 Å². The number of hydrogen-bond donors (Lipinski definition) is 4. The molecule has 1 aromatic carbocycles. The molecule has 4 rings (SSSR count). The number of carbonyl (C=O) groups excluding carboxylic acids is 1. The molecule has 13 heteroatoms. The normalized spacial score (nSPS) is 16.6. The lowest BCUT2D eigenvalue weighted by Crippen LogP contribution is -2.50. The van der Waals surface area contributed by atoms with Gasteiger partial charge in [-0.25, -0.2) is 10.4 Å². The first-order valence-corrected chi connectivity index (χ1v) is 12.0. The summed E-state index contributed by atoms with van der Waals surface area (Å²) in [5, 5.41) is 23.6. The second-order valence-corrected chi connectivity index (χ2v) is 9.13. The standard InChI is InChI=1S/C21H27N9O3S/c22-20(23)29(7-1-2-15-11-24-13-25-15)16-5-8-28(9-6-16)18-4-3-14(10-19(18)30(32)33)17-12-34-21(31)27-26-17/h3-4,10-11,13,16H,1-2,5-9,12H2,(H3,22,23)(H,24,25)(H,27,31). The van der Waals surface area contributed by atoms with E-state index >= 15 is 0 Å². The van der Waals surface area contributed by atoms with Crippen LogP contribution in [0.15, 0.2) is 35.8 Å². The van der Waals surface area contributed by atoms with Crippen LogP contribution >= 0.6 is 11.8 Å². The third-order valence-corrected chi connectivity index (χ3v) is 6.85. The molecule has 180 valence electrons. The van der Waals surface area contributed by atoms with Crippen molar-refractivity contribution in [3.63, 3.8) is 0 Å². The van der Waals surface area contributed by atoms with Crippen molar-refractivity contribution >= 4 is 40.0 Å². The van der Waals surface area contributed by atoms with Gasteiger partial charge in [0.15, 0.2) is 5.96 Å². The van der Waals surface area contributed by atoms with Gasteiger partial charge in [-0.1, -0.05) is 17.8 Å². The van der Waals surface area contributed by atoms with Crippen LogP contribution in [0.1, 0.15) is 30.5 Å². The Morgan fingerprint density at radius 1 is 1.38 bits per heavy atom. The number of amides is 1. The van der Waals surface area contributed by atoms with Gasteiger partial charge in [-0.15, -0.1) is 0 Å². The Balaban J connectivity index is 1.40. The van der Waals surface area contributed by atoms with Crippen LogP contribution in [-0.4, -0.2) is 68.1 Å². The number of thioether (sulfide) groups is 1. The number of H-pyrrole nitrogens is 1. The number of nitrogens with zero attached hydrogens (tertiary/aromatic N) is 5. The molecular weight excluding hydrogens is 458 g/mol. The van der Waals surface area contributed by atoms with Gasteiger partial charge < -0.3 is 20.5 Å². The van der Waals surface area contributed by atoms with Gasteiger partial charge in [0, 0.05) is 54.9 Å². The average molecular weight is 486 g/mol. The maximum absolute atomic E-state index is 11.8. The zero-order valence-corrected chi connectivity index (χ0v) is 19.4. The Labute approximate surface area is 200 Å². The highest BCUT2D eigenvalue weighted by atomic mass is 32.2. The highest BCUT2D eigenvalue weighted by Gasteiger charge is 2.29. The number of aryl methyl sites for hydroxylation is 1. The summed E-state index contributed by atoms with van der Waals surface area (Å²) in [6.07, 6.45) is 6.62. The van der Waals surface area contributed by atoms with E-state index in [1.54, 1.807) is 18.6 Å². The summed E-state index contributed by atoms with van der Waals surface area (Å²) in [6, 6.07) is 5.20. The zero-order valence-electron chi connectivity index (χ0n) is 18.6. The summed E-state index contributed by atoms with van der Waals surface area (Å²) in [6.45, 7) is 1.93. The molecule has 0 spiro atoms. The molecule has 2 aromatic rings. The van der Waals surface area contributed by atoms with Crippen molar-refractivity contribution in [2.75, 3.05) is 30.3 Å². The summed E-state index contributed by atoms with van der Waals surface area (Å²) in [5.41, 5.74) is 11.1. The third kappa shape index (κ3) is 5.47. The predicted molar refractivity (Wildman–Crippen MR) is 131 cm³/mol. The Morgan fingerprint density at radius 2 is 2.18 bits per heavy atom. The molecule has 1 aromatic heterocycles. The number of hydrogen-bond acceptors (Lipinski definition) is 8. The highest BCUT2D eigenvalue weighted by Crippen LogP contribution is 2.33. The number of guanidine groups is 1. The van der Waals surface area contributed by atoms with Crippen molar-refractivity contribution in [3.8, 4) is 0 Å². The van der Waals surface area contributed by atoms with Gasteiger partial charge in [-0.2, -0.15) is 5.10 Å². The van der Waals surface area contributed by atoms with Gasteiger partial charge in [-0.3, -0.25) is 20.3 Å². The zero-order chi connectivity index (χ0) is 24.1. The SMILES string of the molecule is N=C(N)N(CCCc1cnc[nH]1)C1CCN(c2ccc(C3=NNC(=O)SC3)cc2[N+](=O)[O-])CC1. The molecule has 5 N–H and O–H groups in total. The molecule has 1 saturated heterocycles. The van der Waals surface area contributed by atoms with Crippen molar-refractivity contribution in [2.45, 2.75) is 31.7 Å². The smallest absolute Gasteiger partial charge is 0.299 e. The number of nitrogens with one attached hydrogen (secondary N) is 3. The molecule has 1 amide bonds. The molecule has 0 bridgehead atoms. The van der Waals surface area contributed by atoms with E-state index in [-0.39, 0.29) is 27.9 Å². The number of hydrazone groups is 1. The second kappa shape index (κ2) is 10.5. The Morgan fingerprint density at radius 3 is 2.79 bits per heavy atom. The molecule has 2 aliphatic heterocycles. The Bertz CT molecular complexity index is 1080. The topological polar surface area (TPSA) is 170 Å². The number of imidazole rings is 1. The molecule has 0 aliphatic carbocycles. The Kier molecular flexibility index (Phi) is 7.30. The maximum Gasteiger partial charge on any atom is 0.299 e. The number of aromatic amines is 1. The van der Waals surface area contributed by atoms with Gasteiger partial charge in [0.05, 0.1) is 17.0 Å². The highest BCUT2D eigenvalue weighted by molar-refractivity contribution is 8.14. The molecule has 0 saturated carbocycles. The molecule has 34 heavy (non-hydrogen) atoms. The summed E-state index contributed by atoms with van der Waals surface area (Å²) >= 11 is 1.08. The van der Waals surface area contributed by atoms with E-state index < -0.39 is 0 Å². The van der Waals surface area contributed by atoms with Gasteiger partial charge in [0.1, 0.15) is 5.69 Å². The Hall–Kier alpha value is -3.61.